The van der Waals surface area contributed by atoms with Crippen LogP contribution >= 0.6 is 22.6 Å². The Balaban J connectivity index is 2.43. The predicted molar refractivity (Wildman–Crippen MR) is 47.0 cm³/mol. The Morgan fingerprint density at radius 3 is 2.92 bits per heavy atom. The van der Waals surface area contributed by atoms with Crippen molar-refractivity contribution in [2.24, 2.45) is 7.05 Å². The molecule has 0 atom stereocenters. The third-order valence-electron chi connectivity index (χ3n) is 1.22. The van der Waals surface area contributed by atoms with E-state index in [4.69, 9.17) is 4.52 Å². The monoisotopic (exact) mass is 277 g/mol. The first-order chi connectivity index (χ1) is 5.75. The Morgan fingerprint density at radius 2 is 2.42 bits per heavy atom. The number of nitrogens with zero attached hydrogens (tertiary/aromatic N) is 5. The highest BCUT2D eigenvalue weighted by Crippen LogP contribution is 2.12. The van der Waals surface area contributed by atoms with Crippen LogP contribution in [0.4, 0.5) is 0 Å². The van der Waals surface area contributed by atoms with Gasteiger partial charge in [-0.3, -0.25) is 0 Å². The molecule has 0 unspecified atom stereocenters. The first kappa shape index (κ1) is 7.65. The van der Waals surface area contributed by atoms with Crippen LogP contribution in [0.1, 0.15) is 0 Å². The number of aromatic nitrogens is 5. The van der Waals surface area contributed by atoms with E-state index in [9.17, 15) is 0 Å². The minimum atomic E-state index is 0.396. The molecule has 0 aromatic carbocycles. The number of halogens is 1. The van der Waals surface area contributed by atoms with Gasteiger partial charge in [-0.05, 0) is 0 Å². The molecule has 6 nitrogen and oxygen atoms in total. The topological polar surface area (TPSA) is 69.6 Å². The van der Waals surface area contributed by atoms with E-state index in [1.165, 1.54) is 4.80 Å². The van der Waals surface area contributed by atoms with Gasteiger partial charge in [-0.1, -0.05) is 5.16 Å². The van der Waals surface area contributed by atoms with Crippen LogP contribution in [0.15, 0.2) is 10.7 Å². The number of hydrogen-bond acceptors (Lipinski definition) is 5. The minimum Gasteiger partial charge on any atom is -0.331 e. The van der Waals surface area contributed by atoms with Gasteiger partial charge in [0.15, 0.2) is 5.69 Å². The lowest BCUT2D eigenvalue weighted by Crippen LogP contribution is -1.91. The maximum Gasteiger partial charge on any atom is 0.280 e. The molecule has 0 radical (unpaired) electrons. The summed E-state index contributed by atoms with van der Waals surface area (Å²) in [6, 6.07) is 0. The molecule has 2 aromatic heterocycles. The lowest BCUT2D eigenvalue weighted by molar-refractivity contribution is 0.424. The Labute approximate surface area is 81.1 Å². The molecule has 0 spiro atoms. The molecule has 62 valence electrons. The minimum absolute atomic E-state index is 0.396. The molecule has 0 N–H and O–H groups in total. The zero-order valence-corrected chi connectivity index (χ0v) is 8.26. The number of hydrogen-bond donors (Lipinski definition) is 0. The molecule has 2 rings (SSSR count). The zero-order chi connectivity index (χ0) is 8.55. The van der Waals surface area contributed by atoms with Crippen LogP contribution in [0.5, 0.6) is 0 Å². The molecule has 0 aliphatic carbocycles. The van der Waals surface area contributed by atoms with E-state index in [1.807, 2.05) is 22.6 Å². The van der Waals surface area contributed by atoms with Gasteiger partial charge < -0.3 is 4.52 Å². The average molecular weight is 277 g/mol. The van der Waals surface area contributed by atoms with Gasteiger partial charge in [0.05, 0.1) is 6.20 Å². The Hall–Kier alpha value is -0.990. The van der Waals surface area contributed by atoms with Crippen molar-refractivity contribution in [3.63, 3.8) is 0 Å². The van der Waals surface area contributed by atoms with Crippen LogP contribution in [0.2, 0.25) is 0 Å². The zero-order valence-electron chi connectivity index (χ0n) is 6.10. The van der Waals surface area contributed by atoms with Crippen molar-refractivity contribution in [3.8, 4) is 11.6 Å². The van der Waals surface area contributed by atoms with Gasteiger partial charge in [0.1, 0.15) is 0 Å². The van der Waals surface area contributed by atoms with Crippen LogP contribution in [0, 0.1) is 3.83 Å². The molecule has 2 aromatic rings. The summed E-state index contributed by atoms with van der Waals surface area (Å²) in [7, 11) is 1.73. The van der Waals surface area contributed by atoms with Crippen molar-refractivity contribution in [2.45, 2.75) is 0 Å². The van der Waals surface area contributed by atoms with Crippen LogP contribution < -0.4 is 0 Å². The Kier molecular flexibility index (Phi) is 1.79. The van der Waals surface area contributed by atoms with E-state index in [-0.39, 0.29) is 0 Å². The molecule has 0 fully saturated rings. The highest BCUT2D eigenvalue weighted by Gasteiger charge is 2.09. The van der Waals surface area contributed by atoms with E-state index in [0.717, 1.165) is 0 Å². The van der Waals surface area contributed by atoms with Crippen molar-refractivity contribution < 1.29 is 4.52 Å². The van der Waals surface area contributed by atoms with Gasteiger partial charge in [0.25, 0.3) is 5.89 Å². The molecule has 0 aliphatic rings. The summed E-state index contributed by atoms with van der Waals surface area (Å²) in [5, 5.41) is 11.5. The maximum absolute atomic E-state index is 4.88. The van der Waals surface area contributed by atoms with E-state index in [0.29, 0.717) is 15.4 Å². The summed E-state index contributed by atoms with van der Waals surface area (Å²) in [4.78, 5) is 5.42. The second-order valence-corrected chi connectivity index (χ2v) is 3.05. The largest absolute Gasteiger partial charge is 0.331 e. The fourth-order valence-corrected chi connectivity index (χ4v) is 1.07. The second kappa shape index (κ2) is 2.81. The van der Waals surface area contributed by atoms with Gasteiger partial charge in [0.2, 0.25) is 3.83 Å². The van der Waals surface area contributed by atoms with Crippen LogP contribution in [0.3, 0.4) is 0 Å². The van der Waals surface area contributed by atoms with E-state index in [2.05, 4.69) is 20.3 Å². The molecule has 0 bridgehead atoms. The normalized spacial score (nSPS) is 10.5. The van der Waals surface area contributed by atoms with Gasteiger partial charge in [-0.15, -0.1) is 5.10 Å². The number of rotatable bonds is 1. The van der Waals surface area contributed by atoms with Gasteiger partial charge in [-0.25, -0.2) is 0 Å². The summed E-state index contributed by atoms with van der Waals surface area (Å²) in [5.41, 5.74) is 0.591. The first-order valence-corrected chi connectivity index (χ1v) is 4.19. The highest BCUT2D eigenvalue weighted by molar-refractivity contribution is 14.1. The summed E-state index contributed by atoms with van der Waals surface area (Å²) in [6.07, 6.45) is 1.57. The van der Waals surface area contributed by atoms with Gasteiger partial charge >= 0.3 is 0 Å². The van der Waals surface area contributed by atoms with Gasteiger partial charge in [-0.2, -0.15) is 14.9 Å². The summed E-state index contributed by atoms with van der Waals surface area (Å²) in [6.45, 7) is 0. The van der Waals surface area contributed by atoms with Crippen LogP contribution in [0.25, 0.3) is 11.6 Å². The molecule has 0 saturated heterocycles. The molecule has 0 aliphatic heterocycles. The fourth-order valence-electron chi connectivity index (χ4n) is 0.753. The lowest BCUT2D eigenvalue weighted by atomic mass is 10.5. The standard InChI is InChI=1S/C5H4IN5O/c1-11-7-2-3(9-11)4-8-5(6)10-12-4/h2H,1H3. The van der Waals surface area contributed by atoms with Crippen LogP contribution in [-0.4, -0.2) is 25.1 Å². The van der Waals surface area contributed by atoms with Crippen molar-refractivity contribution in [1.82, 2.24) is 25.1 Å². The molecule has 2 heterocycles. The Bertz CT molecular complexity index is 356. The molecule has 12 heavy (non-hydrogen) atoms. The van der Waals surface area contributed by atoms with Crippen molar-refractivity contribution in [2.75, 3.05) is 0 Å². The smallest absolute Gasteiger partial charge is 0.280 e. The third-order valence-corrected chi connectivity index (χ3v) is 1.66. The molecular formula is C5H4IN5O. The summed E-state index contributed by atoms with van der Waals surface area (Å²) >= 11 is 1.96. The third kappa shape index (κ3) is 1.31. The molecular weight excluding hydrogens is 273 g/mol. The summed E-state index contributed by atoms with van der Waals surface area (Å²) < 4.78 is 5.44. The second-order valence-electron chi connectivity index (χ2n) is 2.09. The highest BCUT2D eigenvalue weighted by atomic mass is 127. The maximum atomic E-state index is 4.88. The first-order valence-electron chi connectivity index (χ1n) is 3.11. The fraction of sp³-hybridized carbons (Fsp3) is 0.200. The molecule has 0 amide bonds. The van der Waals surface area contributed by atoms with E-state index >= 15 is 0 Å². The summed E-state index contributed by atoms with van der Waals surface area (Å²) in [5.74, 6) is 0.396. The average Bonchev–Trinajstić information content (AvgIpc) is 2.58. The van der Waals surface area contributed by atoms with Crippen LogP contribution in [-0.2, 0) is 7.05 Å². The van der Waals surface area contributed by atoms with Crippen molar-refractivity contribution in [1.29, 1.82) is 0 Å². The van der Waals surface area contributed by atoms with E-state index in [1.54, 1.807) is 13.2 Å². The quantitative estimate of drug-likeness (QED) is 0.709. The molecule has 7 heteroatoms. The lowest BCUT2D eigenvalue weighted by Gasteiger charge is -1.81. The SMILES string of the molecule is Cn1ncc(-c2nc(I)no2)n1. The van der Waals surface area contributed by atoms with E-state index < -0.39 is 0 Å². The van der Waals surface area contributed by atoms with Crippen molar-refractivity contribution >= 4 is 22.6 Å². The predicted octanol–water partition coefficient (Wildman–Crippen LogP) is 0.470. The molecule has 0 saturated carbocycles. The number of aryl methyl sites for hydroxylation is 1. The van der Waals surface area contributed by atoms with Crippen molar-refractivity contribution in [3.05, 3.63) is 10.0 Å². The van der Waals surface area contributed by atoms with Gasteiger partial charge in [0, 0.05) is 29.6 Å². The Morgan fingerprint density at radius 1 is 1.58 bits per heavy atom.